The van der Waals surface area contributed by atoms with E-state index in [1.165, 1.54) is 51.4 Å². The van der Waals surface area contributed by atoms with Gasteiger partial charge < -0.3 is 28.7 Å². The molecule has 0 aromatic rings. The lowest BCUT2D eigenvalue weighted by Gasteiger charge is -2.24. The first kappa shape index (κ1) is 27.0. The normalized spacial score (nSPS) is 15.2. The zero-order valence-corrected chi connectivity index (χ0v) is 18.5. The van der Waals surface area contributed by atoms with Crippen molar-refractivity contribution in [2.24, 2.45) is 0 Å². The summed E-state index contributed by atoms with van der Waals surface area (Å²) in [5.74, 6) is 0. The van der Waals surface area contributed by atoms with Gasteiger partial charge in [0.1, 0.15) is 19.3 Å². The van der Waals surface area contributed by atoms with E-state index in [2.05, 4.69) is 11.4 Å². The predicted octanol–water partition coefficient (Wildman–Crippen LogP) is 1.93. The standard InChI is InChI=1S/C19H42NO6P/c1-4-5-6-7-8-9-10-11-12-13-15-24-17-19(21)18-26-27(22,23)25-16-14-20(2)3/h19,21H,4-18H2,1-3H3,(H,22,23). The van der Waals surface area contributed by atoms with E-state index in [4.69, 9.17) is 9.26 Å². The van der Waals surface area contributed by atoms with Gasteiger partial charge in [-0.3, -0.25) is 4.57 Å². The molecule has 0 saturated carbocycles. The first-order valence-electron chi connectivity index (χ1n) is 10.5. The number of ether oxygens (including phenoxy) is 1. The minimum Gasteiger partial charge on any atom is -0.756 e. The van der Waals surface area contributed by atoms with Gasteiger partial charge in [0.2, 0.25) is 0 Å². The number of hydrogen-bond donors (Lipinski definition) is 2. The smallest absolute Gasteiger partial charge is 0.268 e. The van der Waals surface area contributed by atoms with Gasteiger partial charge in [-0.05, 0) is 6.42 Å². The molecule has 0 heterocycles. The van der Waals surface area contributed by atoms with E-state index in [1.807, 2.05) is 14.1 Å². The summed E-state index contributed by atoms with van der Waals surface area (Å²) >= 11 is 0. The van der Waals surface area contributed by atoms with Gasteiger partial charge in [-0.25, -0.2) is 0 Å². The summed E-state index contributed by atoms with van der Waals surface area (Å²) < 4.78 is 26.3. The van der Waals surface area contributed by atoms with Crippen molar-refractivity contribution in [2.45, 2.75) is 77.2 Å². The van der Waals surface area contributed by atoms with Gasteiger partial charge in [0.05, 0.1) is 27.3 Å². The van der Waals surface area contributed by atoms with Crippen LogP contribution < -0.4 is 9.79 Å². The molecule has 7 nitrogen and oxygen atoms in total. The fraction of sp³-hybridized carbons (Fsp3) is 1.00. The molecule has 8 heteroatoms. The van der Waals surface area contributed by atoms with Crippen LogP contribution in [0, 0.1) is 0 Å². The Labute approximate surface area is 166 Å². The Morgan fingerprint density at radius 1 is 0.889 bits per heavy atom. The number of likely N-dealkylation sites (N-methyl/N-ethyl adjacent to an activating group) is 1. The molecule has 0 aromatic heterocycles. The van der Waals surface area contributed by atoms with Crippen LogP contribution in [0.3, 0.4) is 0 Å². The summed E-state index contributed by atoms with van der Waals surface area (Å²) in [5, 5.41) is 9.72. The van der Waals surface area contributed by atoms with Crippen molar-refractivity contribution in [1.29, 1.82) is 0 Å². The van der Waals surface area contributed by atoms with Gasteiger partial charge in [0, 0.05) is 6.61 Å². The number of quaternary nitrogens is 1. The van der Waals surface area contributed by atoms with E-state index in [0.717, 1.165) is 17.7 Å². The monoisotopic (exact) mass is 411 g/mol. The molecule has 2 N–H and O–H groups in total. The van der Waals surface area contributed by atoms with Crippen molar-refractivity contribution in [3.63, 3.8) is 0 Å². The van der Waals surface area contributed by atoms with E-state index in [0.29, 0.717) is 13.2 Å². The molecular formula is C19H42NO6P. The Bertz CT molecular complexity index is 370. The van der Waals surface area contributed by atoms with Gasteiger partial charge >= 0.3 is 0 Å². The van der Waals surface area contributed by atoms with Crippen molar-refractivity contribution < 1.29 is 33.2 Å². The average Bonchev–Trinajstić information content (AvgIpc) is 2.60. The Hall–Kier alpha value is -0.0100. The first-order chi connectivity index (χ1) is 12.9. The molecule has 0 amide bonds. The second kappa shape index (κ2) is 18.0. The highest BCUT2D eigenvalue weighted by Crippen LogP contribution is 2.37. The van der Waals surface area contributed by atoms with E-state index >= 15 is 0 Å². The highest BCUT2D eigenvalue weighted by Gasteiger charge is 2.14. The molecule has 0 saturated heterocycles. The molecule has 0 aliphatic carbocycles. The fourth-order valence-corrected chi connectivity index (χ4v) is 3.28. The topological polar surface area (TPSA) is 92.5 Å². The lowest BCUT2D eigenvalue weighted by atomic mass is 10.1. The van der Waals surface area contributed by atoms with Gasteiger partial charge in [0.25, 0.3) is 7.82 Å². The maximum absolute atomic E-state index is 11.5. The molecule has 2 atom stereocenters. The zero-order valence-electron chi connectivity index (χ0n) is 17.6. The Morgan fingerprint density at radius 3 is 2.00 bits per heavy atom. The van der Waals surface area contributed by atoms with Crippen LogP contribution in [0.15, 0.2) is 0 Å². The van der Waals surface area contributed by atoms with Crippen LogP contribution in [-0.2, 0) is 18.3 Å². The second-order valence-electron chi connectivity index (χ2n) is 7.44. The molecule has 0 rings (SSSR count). The van der Waals surface area contributed by atoms with Crippen molar-refractivity contribution in [2.75, 3.05) is 47.1 Å². The molecule has 0 bridgehead atoms. The van der Waals surface area contributed by atoms with Crippen LogP contribution in [0.25, 0.3) is 0 Å². The third-order valence-corrected chi connectivity index (χ3v) is 5.19. The van der Waals surface area contributed by atoms with Crippen LogP contribution in [0.1, 0.15) is 71.1 Å². The third kappa shape index (κ3) is 20.5. The SMILES string of the molecule is CCCCCCCCCCCCOCC(O)COP(=O)([O-])OCC[NH+](C)C. The van der Waals surface area contributed by atoms with Crippen molar-refractivity contribution in [3.05, 3.63) is 0 Å². The summed E-state index contributed by atoms with van der Waals surface area (Å²) in [7, 11) is -0.554. The van der Waals surface area contributed by atoms with Crippen molar-refractivity contribution in [3.8, 4) is 0 Å². The molecule has 0 spiro atoms. The zero-order chi connectivity index (χ0) is 20.4. The highest BCUT2D eigenvalue weighted by atomic mass is 31.2. The molecule has 0 aromatic carbocycles. The Morgan fingerprint density at radius 2 is 1.44 bits per heavy atom. The molecule has 0 aliphatic rings. The number of nitrogens with one attached hydrogen (secondary N) is 1. The van der Waals surface area contributed by atoms with E-state index in [1.54, 1.807) is 0 Å². The summed E-state index contributed by atoms with van der Waals surface area (Å²) in [6.07, 6.45) is 11.6. The molecule has 0 radical (unpaired) electrons. The van der Waals surface area contributed by atoms with E-state index in [9.17, 15) is 14.6 Å². The quantitative estimate of drug-likeness (QED) is 0.235. The molecule has 2 unspecified atom stereocenters. The number of phosphoric ester groups is 1. The van der Waals surface area contributed by atoms with Gasteiger partial charge in [-0.1, -0.05) is 64.7 Å². The van der Waals surface area contributed by atoms with E-state index < -0.39 is 13.9 Å². The second-order valence-corrected chi connectivity index (χ2v) is 8.85. The number of unbranched alkanes of at least 4 members (excludes halogenated alkanes) is 9. The molecule has 27 heavy (non-hydrogen) atoms. The van der Waals surface area contributed by atoms with Crippen LogP contribution in [-0.4, -0.2) is 58.3 Å². The summed E-state index contributed by atoms with van der Waals surface area (Å²) in [5.41, 5.74) is 0. The maximum atomic E-state index is 11.5. The molecule has 0 aliphatic heterocycles. The maximum Gasteiger partial charge on any atom is 0.268 e. The van der Waals surface area contributed by atoms with Crippen LogP contribution in [0.5, 0.6) is 0 Å². The third-order valence-electron chi connectivity index (χ3n) is 4.23. The lowest BCUT2D eigenvalue weighted by molar-refractivity contribution is -0.858. The Kier molecular flexibility index (Phi) is 18.0. The van der Waals surface area contributed by atoms with Gasteiger partial charge in [0.15, 0.2) is 0 Å². The largest absolute Gasteiger partial charge is 0.756 e. The minimum atomic E-state index is -4.35. The number of rotatable bonds is 20. The lowest BCUT2D eigenvalue weighted by Crippen LogP contribution is -3.06. The summed E-state index contributed by atoms with van der Waals surface area (Å²) in [4.78, 5) is 12.6. The minimum absolute atomic E-state index is 0.0639. The predicted molar refractivity (Wildman–Crippen MR) is 106 cm³/mol. The highest BCUT2D eigenvalue weighted by molar-refractivity contribution is 7.45. The number of aliphatic hydroxyl groups excluding tert-OH is 1. The van der Waals surface area contributed by atoms with Crippen LogP contribution in [0.2, 0.25) is 0 Å². The average molecular weight is 412 g/mol. The molecular weight excluding hydrogens is 369 g/mol. The van der Waals surface area contributed by atoms with Crippen molar-refractivity contribution in [1.82, 2.24) is 0 Å². The first-order valence-corrected chi connectivity index (χ1v) is 12.0. The Balaban J connectivity index is 3.43. The fourth-order valence-electron chi connectivity index (χ4n) is 2.54. The molecule has 164 valence electrons. The molecule has 0 fully saturated rings. The van der Waals surface area contributed by atoms with Gasteiger partial charge in [-0.2, -0.15) is 0 Å². The number of phosphoric acid groups is 1. The van der Waals surface area contributed by atoms with E-state index in [-0.39, 0.29) is 19.8 Å². The van der Waals surface area contributed by atoms with Crippen molar-refractivity contribution >= 4 is 7.82 Å². The number of aliphatic hydroxyl groups is 1. The van der Waals surface area contributed by atoms with Gasteiger partial charge in [-0.15, -0.1) is 0 Å². The van der Waals surface area contributed by atoms with Crippen LogP contribution in [0.4, 0.5) is 0 Å². The summed E-state index contributed by atoms with van der Waals surface area (Å²) in [6.45, 7) is 3.16. The number of hydrogen-bond acceptors (Lipinski definition) is 6. The van der Waals surface area contributed by atoms with Crippen LogP contribution >= 0.6 is 7.82 Å². The summed E-state index contributed by atoms with van der Waals surface area (Å²) in [6, 6.07) is 0.